The van der Waals surface area contributed by atoms with E-state index in [2.05, 4.69) is 40.3 Å². The fourth-order valence-corrected chi connectivity index (χ4v) is 4.41. The lowest BCUT2D eigenvalue weighted by Gasteiger charge is -2.24. The van der Waals surface area contributed by atoms with E-state index in [4.69, 9.17) is 0 Å². The van der Waals surface area contributed by atoms with Crippen molar-refractivity contribution in [2.24, 2.45) is 5.92 Å². The first-order valence-electron chi connectivity index (χ1n) is 6.77. The first-order valence-corrected chi connectivity index (χ1v) is 8.38. The number of thiophene rings is 1. The number of rotatable bonds is 6. The van der Waals surface area contributed by atoms with Gasteiger partial charge in [0.1, 0.15) is 0 Å². The highest BCUT2D eigenvalue weighted by molar-refractivity contribution is 9.11. The molecule has 1 saturated carbocycles. The molecule has 0 saturated heterocycles. The summed E-state index contributed by atoms with van der Waals surface area (Å²) in [5.41, 5.74) is 0. The average Bonchev–Trinajstić information content (AvgIpc) is 2.95. The van der Waals surface area contributed by atoms with Crippen LogP contribution < -0.4 is 5.32 Å². The topological polar surface area (TPSA) is 12.0 Å². The zero-order valence-corrected chi connectivity index (χ0v) is 12.9. The Hall–Kier alpha value is 0.140. The van der Waals surface area contributed by atoms with E-state index < -0.39 is 0 Å². The monoisotopic (exact) mass is 315 g/mol. The molecule has 0 aromatic carbocycles. The minimum Gasteiger partial charge on any atom is -0.314 e. The van der Waals surface area contributed by atoms with E-state index >= 15 is 0 Å². The third kappa shape index (κ3) is 4.08. The molecule has 0 aliphatic heterocycles. The van der Waals surface area contributed by atoms with Crippen LogP contribution >= 0.6 is 27.3 Å². The minimum absolute atomic E-state index is 0.739. The zero-order chi connectivity index (χ0) is 12.1. The number of halogens is 1. The smallest absolute Gasteiger partial charge is 0.0701 e. The number of hydrogen-bond acceptors (Lipinski definition) is 2. The van der Waals surface area contributed by atoms with E-state index in [0.29, 0.717) is 0 Å². The van der Waals surface area contributed by atoms with Gasteiger partial charge in [-0.25, -0.2) is 0 Å². The van der Waals surface area contributed by atoms with E-state index in [1.165, 1.54) is 47.2 Å². The van der Waals surface area contributed by atoms with E-state index in [1.54, 1.807) is 0 Å². The summed E-state index contributed by atoms with van der Waals surface area (Å²) in [6.45, 7) is 3.33. The van der Waals surface area contributed by atoms with Crippen LogP contribution in [-0.2, 0) is 6.42 Å². The molecule has 96 valence electrons. The molecule has 17 heavy (non-hydrogen) atoms. The maximum absolute atomic E-state index is 3.69. The second-order valence-corrected chi connectivity index (χ2v) is 7.50. The molecular weight excluding hydrogens is 294 g/mol. The highest BCUT2D eigenvalue weighted by atomic mass is 79.9. The molecule has 1 fully saturated rings. The van der Waals surface area contributed by atoms with Crippen LogP contribution in [0.1, 0.15) is 43.9 Å². The van der Waals surface area contributed by atoms with Gasteiger partial charge in [0.25, 0.3) is 0 Å². The predicted octanol–water partition coefficient (Wildman–Crippen LogP) is 4.61. The molecular formula is C14H22BrNS. The Morgan fingerprint density at radius 2 is 2.18 bits per heavy atom. The van der Waals surface area contributed by atoms with Gasteiger partial charge in [0.15, 0.2) is 0 Å². The quantitative estimate of drug-likeness (QED) is 0.808. The van der Waals surface area contributed by atoms with Gasteiger partial charge in [0.2, 0.25) is 0 Å². The SMILES string of the molecule is CCNC(CCc1ccc(Br)s1)C1CCCC1. The van der Waals surface area contributed by atoms with Crippen molar-refractivity contribution in [3.8, 4) is 0 Å². The molecule has 0 spiro atoms. The summed E-state index contributed by atoms with van der Waals surface area (Å²) in [4.78, 5) is 1.51. The second-order valence-electron chi connectivity index (χ2n) is 4.95. The van der Waals surface area contributed by atoms with Crippen molar-refractivity contribution >= 4 is 27.3 Å². The van der Waals surface area contributed by atoms with Gasteiger partial charge in [-0.1, -0.05) is 19.8 Å². The molecule has 1 unspecified atom stereocenters. The summed E-state index contributed by atoms with van der Waals surface area (Å²) in [5.74, 6) is 0.929. The van der Waals surface area contributed by atoms with Crippen LogP contribution in [0.4, 0.5) is 0 Å². The molecule has 1 nitrogen and oxygen atoms in total. The zero-order valence-electron chi connectivity index (χ0n) is 10.5. The number of aryl methyl sites for hydroxylation is 1. The summed E-state index contributed by atoms with van der Waals surface area (Å²) >= 11 is 5.42. The Morgan fingerprint density at radius 1 is 1.41 bits per heavy atom. The summed E-state index contributed by atoms with van der Waals surface area (Å²) in [6, 6.07) is 5.16. The molecule has 0 amide bonds. The van der Waals surface area contributed by atoms with E-state index in [0.717, 1.165) is 18.5 Å². The minimum atomic E-state index is 0.739. The third-order valence-corrected chi connectivity index (χ3v) is 5.45. The van der Waals surface area contributed by atoms with Crippen molar-refractivity contribution in [2.75, 3.05) is 6.54 Å². The van der Waals surface area contributed by atoms with Crippen LogP contribution in [-0.4, -0.2) is 12.6 Å². The third-order valence-electron chi connectivity index (χ3n) is 3.77. The summed E-state index contributed by atoms with van der Waals surface area (Å²) < 4.78 is 1.26. The van der Waals surface area contributed by atoms with Crippen molar-refractivity contribution in [3.05, 3.63) is 20.8 Å². The largest absolute Gasteiger partial charge is 0.314 e. The molecule has 1 aromatic heterocycles. The van der Waals surface area contributed by atoms with Gasteiger partial charge in [0.05, 0.1) is 3.79 Å². The normalized spacial score (nSPS) is 18.7. The van der Waals surface area contributed by atoms with Crippen LogP contribution in [0.25, 0.3) is 0 Å². The van der Waals surface area contributed by atoms with Crippen LogP contribution in [0.2, 0.25) is 0 Å². The van der Waals surface area contributed by atoms with Gasteiger partial charge in [-0.15, -0.1) is 11.3 Å². The van der Waals surface area contributed by atoms with Crippen LogP contribution in [0, 0.1) is 5.92 Å². The Kier molecular flexibility index (Phi) is 5.51. The molecule has 0 bridgehead atoms. The van der Waals surface area contributed by atoms with Gasteiger partial charge in [-0.2, -0.15) is 0 Å². The molecule has 0 radical (unpaired) electrons. The molecule has 2 rings (SSSR count). The molecule has 1 aliphatic rings. The lowest BCUT2D eigenvalue weighted by Crippen LogP contribution is -2.35. The summed E-state index contributed by atoms with van der Waals surface area (Å²) in [6.07, 6.45) is 8.28. The Bertz CT molecular complexity index is 331. The predicted molar refractivity (Wildman–Crippen MR) is 79.8 cm³/mol. The molecule has 1 atom stereocenters. The number of nitrogens with one attached hydrogen (secondary N) is 1. The van der Waals surface area contributed by atoms with Gasteiger partial charge in [-0.3, -0.25) is 0 Å². The Labute approximate surface area is 117 Å². The van der Waals surface area contributed by atoms with Crippen LogP contribution in [0.3, 0.4) is 0 Å². The molecule has 1 aliphatic carbocycles. The first-order chi connectivity index (χ1) is 8.29. The van der Waals surface area contributed by atoms with Gasteiger partial charge in [-0.05, 0) is 66.2 Å². The molecule has 1 N–H and O–H groups in total. The molecule has 1 heterocycles. The number of hydrogen-bond donors (Lipinski definition) is 1. The fraction of sp³-hybridized carbons (Fsp3) is 0.714. The van der Waals surface area contributed by atoms with Crippen molar-refractivity contribution in [1.29, 1.82) is 0 Å². The average molecular weight is 316 g/mol. The molecule has 3 heteroatoms. The van der Waals surface area contributed by atoms with E-state index in [-0.39, 0.29) is 0 Å². The lowest BCUT2D eigenvalue weighted by atomic mass is 9.94. The van der Waals surface area contributed by atoms with Gasteiger partial charge >= 0.3 is 0 Å². The van der Waals surface area contributed by atoms with Crippen LogP contribution in [0.5, 0.6) is 0 Å². The maximum atomic E-state index is 3.69. The van der Waals surface area contributed by atoms with Crippen molar-refractivity contribution in [1.82, 2.24) is 5.32 Å². The Balaban J connectivity index is 1.84. The highest BCUT2D eigenvalue weighted by Crippen LogP contribution is 2.30. The summed E-state index contributed by atoms with van der Waals surface area (Å²) in [5, 5.41) is 3.69. The lowest BCUT2D eigenvalue weighted by molar-refractivity contribution is 0.346. The molecule has 1 aromatic rings. The summed E-state index contributed by atoms with van der Waals surface area (Å²) in [7, 11) is 0. The van der Waals surface area contributed by atoms with Crippen molar-refractivity contribution in [2.45, 2.75) is 51.5 Å². The van der Waals surface area contributed by atoms with Crippen LogP contribution in [0.15, 0.2) is 15.9 Å². The standard InChI is InChI=1S/C14H22BrNS/c1-2-16-13(11-5-3-4-6-11)9-7-12-8-10-14(15)17-12/h8,10-11,13,16H,2-7,9H2,1H3. The maximum Gasteiger partial charge on any atom is 0.0701 e. The van der Waals surface area contributed by atoms with E-state index in [1.807, 2.05) is 11.3 Å². The van der Waals surface area contributed by atoms with Crippen molar-refractivity contribution in [3.63, 3.8) is 0 Å². The van der Waals surface area contributed by atoms with Gasteiger partial charge < -0.3 is 5.32 Å². The van der Waals surface area contributed by atoms with Gasteiger partial charge in [0, 0.05) is 10.9 Å². The first kappa shape index (κ1) is 13.6. The van der Waals surface area contributed by atoms with Crippen molar-refractivity contribution < 1.29 is 0 Å². The fourth-order valence-electron chi connectivity index (χ4n) is 2.91. The second kappa shape index (κ2) is 6.91. The van der Waals surface area contributed by atoms with E-state index in [9.17, 15) is 0 Å². The Morgan fingerprint density at radius 3 is 2.76 bits per heavy atom. The highest BCUT2D eigenvalue weighted by Gasteiger charge is 2.23.